The largest absolute Gasteiger partial charge is 0.345 e. The molecule has 1 saturated heterocycles. The molecule has 148 valence electrons. The highest BCUT2D eigenvalue weighted by Gasteiger charge is 2.23. The number of urea groups is 1. The van der Waals surface area contributed by atoms with Crippen LogP contribution in [0.15, 0.2) is 30.5 Å². The number of aromatic nitrogens is 1. The van der Waals surface area contributed by atoms with E-state index >= 15 is 0 Å². The van der Waals surface area contributed by atoms with Gasteiger partial charge in [0.2, 0.25) is 5.91 Å². The Morgan fingerprint density at radius 3 is 2.46 bits per heavy atom. The summed E-state index contributed by atoms with van der Waals surface area (Å²) in [5, 5.41) is 15.9. The summed E-state index contributed by atoms with van der Waals surface area (Å²) >= 11 is 0.792. The highest BCUT2D eigenvalue weighted by Crippen LogP contribution is 2.24. The van der Waals surface area contributed by atoms with Gasteiger partial charge in [0, 0.05) is 31.9 Å². The standard InChI is InChI=1S/C16H17FN6O4S/c17-11-1-3-12(4-2-11)19-16(25)22-7-5-21(6-8-22)10-13(24)20-15-18-9-14(28-15)23(26)27/h1-4,9H,5-8,10H2,(H,19,25)(H,18,20,24). The number of nitrogens with zero attached hydrogens (tertiary/aromatic N) is 4. The van der Waals surface area contributed by atoms with E-state index in [1.54, 1.807) is 4.90 Å². The minimum absolute atomic E-state index is 0.0980. The summed E-state index contributed by atoms with van der Waals surface area (Å²) < 4.78 is 12.9. The molecule has 1 aliphatic rings. The number of piperazine rings is 1. The molecule has 0 bridgehead atoms. The summed E-state index contributed by atoms with van der Waals surface area (Å²) in [7, 11) is 0. The van der Waals surface area contributed by atoms with E-state index in [1.165, 1.54) is 24.3 Å². The summed E-state index contributed by atoms with van der Waals surface area (Å²) in [6.07, 6.45) is 1.10. The van der Waals surface area contributed by atoms with Crippen molar-refractivity contribution in [2.45, 2.75) is 0 Å². The molecule has 0 atom stereocenters. The van der Waals surface area contributed by atoms with Gasteiger partial charge in [-0.2, -0.15) is 0 Å². The van der Waals surface area contributed by atoms with E-state index in [-0.39, 0.29) is 34.4 Å². The number of halogens is 1. The van der Waals surface area contributed by atoms with Gasteiger partial charge in [-0.05, 0) is 35.6 Å². The number of nitro groups is 1. The zero-order chi connectivity index (χ0) is 20.1. The highest BCUT2D eigenvalue weighted by atomic mass is 32.1. The molecule has 1 aromatic heterocycles. The molecule has 0 spiro atoms. The third-order valence-electron chi connectivity index (χ3n) is 4.04. The lowest BCUT2D eigenvalue weighted by Crippen LogP contribution is -2.51. The molecule has 1 aliphatic heterocycles. The van der Waals surface area contributed by atoms with Crippen LogP contribution in [0.3, 0.4) is 0 Å². The van der Waals surface area contributed by atoms with Crippen molar-refractivity contribution in [1.29, 1.82) is 0 Å². The maximum atomic E-state index is 12.9. The number of amides is 3. The minimum Gasteiger partial charge on any atom is -0.322 e. The lowest BCUT2D eigenvalue weighted by Gasteiger charge is -2.34. The van der Waals surface area contributed by atoms with Gasteiger partial charge in [0.25, 0.3) is 0 Å². The molecule has 1 aromatic carbocycles. The molecule has 0 saturated carbocycles. The normalized spacial score (nSPS) is 14.5. The Kier molecular flexibility index (Phi) is 6.11. The van der Waals surface area contributed by atoms with Gasteiger partial charge in [-0.1, -0.05) is 0 Å². The first-order valence-electron chi connectivity index (χ1n) is 8.34. The molecule has 0 aliphatic carbocycles. The Labute approximate surface area is 163 Å². The summed E-state index contributed by atoms with van der Waals surface area (Å²) in [5.41, 5.74) is 0.505. The third-order valence-corrected chi connectivity index (χ3v) is 4.91. The Bertz CT molecular complexity index is 866. The fraction of sp³-hybridized carbons (Fsp3) is 0.312. The molecule has 2 aromatic rings. The Morgan fingerprint density at radius 2 is 1.86 bits per heavy atom. The summed E-state index contributed by atoms with van der Waals surface area (Å²) in [4.78, 5) is 41.7. The van der Waals surface area contributed by atoms with Crippen molar-refractivity contribution in [2.24, 2.45) is 0 Å². The third kappa shape index (κ3) is 5.20. The Balaban J connectivity index is 1.42. The molecule has 10 nitrogen and oxygen atoms in total. The van der Waals surface area contributed by atoms with Gasteiger partial charge in [0.05, 0.1) is 11.5 Å². The van der Waals surface area contributed by atoms with Crippen molar-refractivity contribution in [2.75, 3.05) is 43.4 Å². The molecule has 1 fully saturated rings. The van der Waals surface area contributed by atoms with E-state index < -0.39 is 4.92 Å². The van der Waals surface area contributed by atoms with Crippen molar-refractivity contribution < 1.29 is 18.9 Å². The predicted molar refractivity (Wildman–Crippen MR) is 101 cm³/mol. The number of nitrogens with one attached hydrogen (secondary N) is 2. The number of hydrogen-bond acceptors (Lipinski definition) is 7. The SMILES string of the molecule is O=C(CN1CCN(C(=O)Nc2ccc(F)cc2)CC1)Nc1ncc([N+](=O)[O-])s1. The molecule has 2 heterocycles. The lowest BCUT2D eigenvalue weighted by atomic mass is 10.3. The zero-order valence-corrected chi connectivity index (χ0v) is 15.4. The quantitative estimate of drug-likeness (QED) is 0.576. The van der Waals surface area contributed by atoms with E-state index in [0.717, 1.165) is 17.5 Å². The van der Waals surface area contributed by atoms with Crippen molar-refractivity contribution in [3.8, 4) is 0 Å². The highest BCUT2D eigenvalue weighted by molar-refractivity contribution is 7.18. The van der Waals surface area contributed by atoms with Crippen molar-refractivity contribution >= 4 is 39.1 Å². The van der Waals surface area contributed by atoms with E-state index in [9.17, 15) is 24.1 Å². The van der Waals surface area contributed by atoms with Gasteiger partial charge in [-0.25, -0.2) is 14.2 Å². The van der Waals surface area contributed by atoms with Crippen molar-refractivity contribution in [3.63, 3.8) is 0 Å². The van der Waals surface area contributed by atoms with Crippen LogP contribution in [-0.2, 0) is 4.79 Å². The van der Waals surface area contributed by atoms with Gasteiger partial charge in [0.1, 0.15) is 12.0 Å². The van der Waals surface area contributed by atoms with Gasteiger partial charge < -0.3 is 15.5 Å². The number of thiazole rings is 1. The average Bonchev–Trinajstić information content (AvgIpc) is 3.13. The van der Waals surface area contributed by atoms with Crippen molar-refractivity contribution in [1.82, 2.24) is 14.8 Å². The first-order chi connectivity index (χ1) is 13.4. The second kappa shape index (κ2) is 8.71. The summed E-state index contributed by atoms with van der Waals surface area (Å²) in [6.45, 7) is 1.97. The van der Waals surface area contributed by atoms with Crippen LogP contribution in [0, 0.1) is 15.9 Å². The number of carbonyl (C=O) groups is 2. The van der Waals surface area contributed by atoms with Gasteiger partial charge in [-0.3, -0.25) is 19.8 Å². The van der Waals surface area contributed by atoms with Gasteiger partial charge >= 0.3 is 11.0 Å². The van der Waals surface area contributed by atoms with E-state index in [0.29, 0.717) is 31.9 Å². The van der Waals surface area contributed by atoms with Gasteiger partial charge in [-0.15, -0.1) is 0 Å². The average molecular weight is 408 g/mol. The van der Waals surface area contributed by atoms with Crippen LogP contribution in [0.2, 0.25) is 0 Å². The number of rotatable bonds is 5. The molecule has 3 rings (SSSR count). The smallest absolute Gasteiger partial charge is 0.322 e. The fourth-order valence-electron chi connectivity index (χ4n) is 2.61. The molecule has 0 unspecified atom stereocenters. The van der Waals surface area contributed by atoms with Crippen LogP contribution in [0.5, 0.6) is 0 Å². The zero-order valence-electron chi connectivity index (χ0n) is 14.6. The first kappa shape index (κ1) is 19.6. The summed E-state index contributed by atoms with van der Waals surface area (Å²) in [5.74, 6) is -0.703. The second-order valence-electron chi connectivity index (χ2n) is 6.01. The molecule has 12 heteroatoms. The van der Waals surface area contributed by atoms with Crippen LogP contribution in [0.4, 0.5) is 25.0 Å². The van der Waals surface area contributed by atoms with Crippen LogP contribution in [0.25, 0.3) is 0 Å². The molecule has 0 radical (unpaired) electrons. The Hall–Kier alpha value is -3.12. The number of anilines is 2. The Morgan fingerprint density at radius 1 is 1.18 bits per heavy atom. The van der Waals surface area contributed by atoms with Gasteiger partial charge in [0.15, 0.2) is 5.13 Å². The number of benzene rings is 1. The second-order valence-corrected chi connectivity index (χ2v) is 7.02. The molecular weight excluding hydrogens is 391 g/mol. The number of carbonyl (C=O) groups excluding carboxylic acids is 2. The predicted octanol–water partition coefficient (Wildman–Crippen LogP) is 1.98. The van der Waals surface area contributed by atoms with Crippen molar-refractivity contribution in [3.05, 3.63) is 46.4 Å². The van der Waals surface area contributed by atoms with Crippen LogP contribution >= 0.6 is 11.3 Å². The van der Waals surface area contributed by atoms with E-state index in [4.69, 9.17) is 0 Å². The monoisotopic (exact) mass is 408 g/mol. The summed E-state index contributed by atoms with van der Waals surface area (Å²) in [6, 6.07) is 5.21. The minimum atomic E-state index is -0.566. The lowest BCUT2D eigenvalue weighted by molar-refractivity contribution is -0.380. The molecule has 28 heavy (non-hydrogen) atoms. The van der Waals surface area contributed by atoms with Crippen LogP contribution in [0.1, 0.15) is 0 Å². The topological polar surface area (TPSA) is 121 Å². The maximum Gasteiger partial charge on any atom is 0.345 e. The maximum absolute atomic E-state index is 12.9. The molecule has 3 amide bonds. The fourth-order valence-corrected chi connectivity index (χ4v) is 3.26. The number of hydrogen-bond donors (Lipinski definition) is 2. The van der Waals surface area contributed by atoms with Crippen LogP contribution in [-0.4, -0.2) is 64.4 Å². The molecule has 2 N–H and O–H groups in total. The first-order valence-corrected chi connectivity index (χ1v) is 9.16. The van der Waals surface area contributed by atoms with Crippen LogP contribution < -0.4 is 10.6 Å². The molecular formula is C16H17FN6O4S. The van der Waals surface area contributed by atoms with E-state index in [2.05, 4.69) is 15.6 Å². The van der Waals surface area contributed by atoms with E-state index in [1.807, 2.05) is 4.90 Å².